The van der Waals surface area contributed by atoms with Gasteiger partial charge in [0.2, 0.25) is 5.82 Å². The van der Waals surface area contributed by atoms with Crippen LogP contribution in [0, 0.1) is 5.92 Å². The first-order valence-corrected chi connectivity index (χ1v) is 10.2. The summed E-state index contributed by atoms with van der Waals surface area (Å²) in [5.74, 6) is 1.55. The lowest BCUT2D eigenvalue weighted by atomic mass is 9.97. The molecule has 158 valence electrons. The predicted octanol–water partition coefficient (Wildman–Crippen LogP) is 0.465. The fraction of sp³-hybridized carbons (Fsp3) is 0.600. The number of rotatable bonds is 5. The first-order valence-electron chi connectivity index (χ1n) is 10.2. The molecule has 0 aliphatic carbocycles. The molecule has 29 heavy (non-hydrogen) atoms. The smallest absolute Gasteiger partial charge is 0.370 e. The number of likely N-dealkylation sites (tertiary alicyclic amines) is 1. The molecular formula is C20H27F3N4O2+2. The van der Waals surface area contributed by atoms with Gasteiger partial charge in [-0.3, -0.25) is 0 Å². The standard InChI is InChI=1S/C20H25F3N4O2/c21-20(22,23)17-5-3-16(4-6-17)19-24-18(29-25-19)14-27-7-1-2-15(13-27)12-26-8-10-28-11-9-26/h3-6,15H,1-2,7-14H2/p+2/t15-/m1/s1. The average molecular weight is 412 g/mol. The third-order valence-corrected chi connectivity index (χ3v) is 5.84. The number of quaternary nitrogens is 2. The molecule has 2 atom stereocenters. The number of aromatic nitrogens is 2. The third-order valence-electron chi connectivity index (χ3n) is 5.84. The lowest BCUT2D eigenvalue weighted by Gasteiger charge is -2.32. The van der Waals surface area contributed by atoms with E-state index in [1.54, 1.807) is 4.90 Å². The van der Waals surface area contributed by atoms with Crippen LogP contribution in [-0.4, -0.2) is 56.1 Å². The summed E-state index contributed by atoms with van der Waals surface area (Å²) in [5, 5.41) is 3.96. The summed E-state index contributed by atoms with van der Waals surface area (Å²) in [6, 6.07) is 4.85. The van der Waals surface area contributed by atoms with E-state index < -0.39 is 11.7 Å². The van der Waals surface area contributed by atoms with Crippen LogP contribution in [0.5, 0.6) is 0 Å². The lowest BCUT2D eigenvalue weighted by molar-refractivity contribution is -0.941. The van der Waals surface area contributed by atoms with Crippen molar-refractivity contribution in [3.8, 4) is 11.4 Å². The van der Waals surface area contributed by atoms with Crippen LogP contribution < -0.4 is 9.80 Å². The molecule has 9 heteroatoms. The van der Waals surface area contributed by atoms with E-state index in [0.29, 0.717) is 29.7 Å². The second kappa shape index (κ2) is 8.81. The minimum absolute atomic E-state index is 0.333. The van der Waals surface area contributed by atoms with Crippen molar-refractivity contribution in [1.82, 2.24) is 10.1 Å². The number of nitrogens with one attached hydrogen (secondary N) is 2. The van der Waals surface area contributed by atoms with Crippen molar-refractivity contribution in [3.05, 3.63) is 35.7 Å². The van der Waals surface area contributed by atoms with Crippen molar-refractivity contribution in [2.24, 2.45) is 5.92 Å². The number of nitrogens with zero attached hydrogens (tertiary/aromatic N) is 2. The second-order valence-electron chi connectivity index (χ2n) is 8.04. The summed E-state index contributed by atoms with van der Waals surface area (Å²) in [6.07, 6.45) is -1.91. The van der Waals surface area contributed by atoms with Crippen molar-refractivity contribution >= 4 is 0 Å². The Labute approximate surface area is 167 Å². The molecule has 3 heterocycles. The Morgan fingerprint density at radius 3 is 2.52 bits per heavy atom. The van der Waals surface area contributed by atoms with E-state index >= 15 is 0 Å². The van der Waals surface area contributed by atoms with E-state index in [1.165, 1.54) is 36.4 Å². The summed E-state index contributed by atoms with van der Waals surface area (Å²) in [5.41, 5.74) is -0.161. The van der Waals surface area contributed by atoms with Crippen molar-refractivity contribution < 1.29 is 32.2 Å². The normalized spacial score (nSPS) is 24.0. The van der Waals surface area contributed by atoms with Crippen LogP contribution in [0.25, 0.3) is 11.4 Å². The van der Waals surface area contributed by atoms with Crippen molar-refractivity contribution in [2.45, 2.75) is 25.6 Å². The van der Waals surface area contributed by atoms with Crippen molar-refractivity contribution in [2.75, 3.05) is 45.9 Å². The topological polar surface area (TPSA) is 57.0 Å². The van der Waals surface area contributed by atoms with E-state index in [0.717, 1.165) is 51.5 Å². The van der Waals surface area contributed by atoms with Gasteiger partial charge in [-0.2, -0.15) is 18.2 Å². The molecular weight excluding hydrogens is 385 g/mol. The van der Waals surface area contributed by atoms with Crippen LogP contribution >= 0.6 is 0 Å². The number of morpholine rings is 1. The van der Waals surface area contributed by atoms with E-state index in [4.69, 9.17) is 9.26 Å². The van der Waals surface area contributed by atoms with Gasteiger partial charge in [0.1, 0.15) is 13.1 Å². The molecule has 2 saturated heterocycles. The van der Waals surface area contributed by atoms with Crippen molar-refractivity contribution in [1.29, 1.82) is 0 Å². The maximum Gasteiger partial charge on any atom is 0.416 e. The number of halogens is 3. The molecule has 2 fully saturated rings. The summed E-state index contributed by atoms with van der Waals surface area (Å²) in [6.45, 7) is 7.89. The molecule has 1 aromatic carbocycles. The summed E-state index contributed by atoms with van der Waals surface area (Å²) >= 11 is 0. The molecule has 2 N–H and O–H groups in total. The largest absolute Gasteiger partial charge is 0.416 e. The predicted molar refractivity (Wildman–Crippen MR) is 98.2 cm³/mol. The molecule has 2 aromatic rings. The highest BCUT2D eigenvalue weighted by atomic mass is 19.4. The summed E-state index contributed by atoms with van der Waals surface area (Å²) in [4.78, 5) is 7.46. The minimum atomic E-state index is -4.35. The van der Waals surface area contributed by atoms with Gasteiger partial charge in [0.05, 0.1) is 44.3 Å². The molecule has 2 aliphatic rings. The molecule has 2 aliphatic heterocycles. The zero-order chi connectivity index (χ0) is 20.3. The van der Waals surface area contributed by atoms with Crippen LogP contribution in [0.4, 0.5) is 13.2 Å². The van der Waals surface area contributed by atoms with Gasteiger partial charge in [-0.1, -0.05) is 17.3 Å². The van der Waals surface area contributed by atoms with Gasteiger partial charge in [0.15, 0.2) is 6.54 Å². The van der Waals surface area contributed by atoms with Gasteiger partial charge >= 0.3 is 6.18 Å². The molecule has 0 spiro atoms. The zero-order valence-corrected chi connectivity index (χ0v) is 16.3. The Morgan fingerprint density at radius 1 is 1.03 bits per heavy atom. The number of ether oxygens (including phenoxy) is 1. The molecule has 6 nitrogen and oxygen atoms in total. The zero-order valence-electron chi connectivity index (χ0n) is 16.3. The molecule has 1 aromatic heterocycles. The van der Waals surface area contributed by atoms with Crippen LogP contribution in [-0.2, 0) is 17.5 Å². The molecule has 0 amide bonds. The third kappa shape index (κ3) is 5.34. The van der Waals surface area contributed by atoms with Gasteiger partial charge in [-0.05, 0) is 25.0 Å². The van der Waals surface area contributed by atoms with E-state index in [-0.39, 0.29) is 0 Å². The fourth-order valence-electron chi connectivity index (χ4n) is 4.33. The number of alkyl halides is 3. The Balaban J connectivity index is 1.33. The molecule has 0 saturated carbocycles. The SMILES string of the molecule is FC(F)(F)c1ccc(-c2noc(C[NH+]3CCC[C@H](C[NH+]4CCOCC4)C3)n2)cc1. The van der Waals surface area contributed by atoms with Gasteiger partial charge in [-0.15, -0.1) is 0 Å². The molecule has 4 rings (SSSR count). The average Bonchev–Trinajstić information content (AvgIpc) is 3.17. The Bertz CT molecular complexity index is 788. The Morgan fingerprint density at radius 2 is 1.79 bits per heavy atom. The highest BCUT2D eigenvalue weighted by molar-refractivity contribution is 5.54. The molecule has 0 bridgehead atoms. The number of hydrogen-bond donors (Lipinski definition) is 2. The van der Waals surface area contributed by atoms with Crippen LogP contribution in [0.1, 0.15) is 24.3 Å². The van der Waals surface area contributed by atoms with Crippen LogP contribution in [0.2, 0.25) is 0 Å². The van der Waals surface area contributed by atoms with E-state index in [2.05, 4.69) is 10.1 Å². The van der Waals surface area contributed by atoms with Gasteiger partial charge < -0.3 is 19.1 Å². The Kier molecular flexibility index (Phi) is 6.17. The number of piperidine rings is 1. The maximum absolute atomic E-state index is 12.7. The highest BCUT2D eigenvalue weighted by Crippen LogP contribution is 2.30. The molecule has 1 unspecified atom stereocenters. The van der Waals surface area contributed by atoms with Gasteiger partial charge in [0.25, 0.3) is 5.89 Å². The first kappa shape index (κ1) is 20.3. The monoisotopic (exact) mass is 412 g/mol. The summed E-state index contributed by atoms with van der Waals surface area (Å²) < 4.78 is 48.9. The van der Waals surface area contributed by atoms with Crippen LogP contribution in [0.3, 0.4) is 0 Å². The fourth-order valence-corrected chi connectivity index (χ4v) is 4.33. The van der Waals surface area contributed by atoms with Gasteiger partial charge in [-0.25, -0.2) is 0 Å². The molecule has 0 radical (unpaired) electrons. The first-order chi connectivity index (χ1) is 14.0. The summed E-state index contributed by atoms with van der Waals surface area (Å²) in [7, 11) is 0. The minimum Gasteiger partial charge on any atom is -0.370 e. The van der Waals surface area contributed by atoms with E-state index in [9.17, 15) is 13.2 Å². The second-order valence-corrected chi connectivity index (χ2v) is 8.04. The van der Waals surface area contributed by atoms with E-state index in [1.807, 2.05) is 0 Å². The quantitative estimate of drug-likeness (QED) is 0.750. The number of benzene rings is 1. The van der Waals surface area contributed by atoms with Crippen molar-refractivity contribution in [3.63, 3.8) is 0 Å². The highest BCUT2D eigenvalue weighted by Gasteiger charge is 2.31. The number of hydrogen-bond acceptors (Lipinski definition) is 4. The van der Waals surface area contributed by atoms with Gasteiger partial charge in [0, 0.05) is 5.56 Å². The van der Waals surface area contributed by atoms with Crippen LogP contribution in [0.15, 0.2) is 28.8 Å². The lowest BCUT2D eigenvalue weighted by Crippen LogP contribution is -3.17. The maximum atomic E-state index is 12.7. The Hall–Kier alpha value is -1.97.